The van der Waals surface area contributed by atoms with E-state index in [2.05, 4.69) is 204 Å². The van der Waals surface area contributed by atoms with E-state index < -0.39 is 10.8 Å². The SMILES string of the molecule is O=C1c2cccnc2-c2ncc(-n3c4ccc(C5(c6ccccc6)c6ccccc6-c6ccccc65)cc4c4cc(C5(c6ccccc6)c6ccccc6-c6ccccc65)ccc43)cc21. The second-order valence-electron chi connectivity index (χ2n) is 17.5. The van der Waals surface area contributed by atoms with Gasteiger partial charge in [0.05, 0.1) is 44.9 Å². The Hall–Kier alpha value is -8.47. The molecular weight excluding hydrogens is 791 g/mol. The first-order chi connectivity index (χ1) is 32.2. The first-order valence-corrected chi connectivity index (χ1v) is 22.3. The fraction of sp³-hybridized carbons (Fsp3) is 0.0328. The number of fused-ring (bicyclic) bond motifs is 12. The van der Waals surface area contributed by atoms with Crippen molar-refractivity contribution in [1.29, 1.82) is 0 Å². The van der Waals surface area contributed by atoms with Crippen LogP contribution in [0.4, 0.5) is 0 Å². The molecule has 0 spiro atoms. The molecule has 0 atom stereocenters. The summed E-state index contributed by atoms with van der Waals surface area (Å²) in [5, 5.41) is 2.24. The molecule has 3 aliphatic carbocycles. The Morgan fingerprint density at radius 2 is 0.769 bits per heavy atom. The quantitative estimate of drug-likeness (QED) is 0.174. The molecule has 0 N–H and O–H groups in total. The van der Waals surface area contributed by atoms with Crippen molar-refractivity contribution in [2.45, 2.75) is 10.8 Å². The van der Waals surface area contributed by atoms with E-state index >= 15 is 0 Å². The summed E-state index contributed by atoms with van der Waals surface area (Å²) in [4.78, 5) is 23.5. The number of hydrogen-bond donors (Lipinski definition) is 0. The van der Waals surface area contributed by atoms with Crippen LogP contribution in [0.1, 0.15) is 60.4 Å². The number of carbonyl (C=O) groups is 1. The molecule has 0 amide bonds. The molecule has 3 aliphatic rings. The van der Waals surface area contributed by atoms with Crippen LogP contribution < -0.4 is 0 Å². The highest BCUT2D eigenvalue weighted by Gasteiger charge is 2.48. The van der Waals surface area contributed by atoms with Gasteiger partial charge in [-0.25, -0.2) is 0 Å². The summed E-state index contributed by atoms with van der Waals surface area (Å²) in [6.45, 7) is 0. The van der Waals surface area contributed by atoms with Gasteiger partial charge in [-0.1, -0.05) is 170 Å². The number of benzene rings is 8. The fourth-order valence-corrected chi connectivity index (χ4v) is 12.1. The molecule has 3 aromatic heterocycles. The lowest BCUT2D eigenvalue weighted by Gasteiger charge is -2.34. The lowest BCUT2D eigenvalue weighted by Crippen LogP contribution is -2.28. The third-order valence-corrected chi connectivity index (χ3v) is 14.6. The number of rotatable bonds is 5. The molecule has 4 heteroatoms. The number of nitrogens with zero attached hydrogens (tertiary/aromatic N) is 3. The van der Waals surface area contributed by atoms with Gasteiger partial charge < -0.3 is 4.57 Å². The predicted octanol–water partition coefficient (Wildman–Crippen LogP) is 13.5. The molecule has 4 nitrogen and oxygen atoms in total. The Labute approximate surface area is 375 Å². The maximum atomic E-state index is 14.0. The summed E-state index contributed by atoms with van der Waals surface area (Å²) in [6.07, 6.45) is 3.63. The number of pyridine rings is 2. The monoisotopic (exact) mass is 827 g/mol. The average molecular weight is 828 g/mol. The summed E-state index contributed by atoms with van der Waals surface area (Å²) in [5.74, 6) is -0.0467. The van der Waals surface area contributed by atoms with E-state index in [-0.39, 0.29) is 5.78 Å². The van der Waals surface area contributed by atoms with Crippen LogP contribution in [0.15, 0.2) is 225 Å². The molecule has 65 heavy (non-hydrogen) atoms. The van der Waals surface area contributed by atoms with Crippen molar-refractivity contribution in [3.63, 3.8) is 0 Å². The number of aromatic nitrogens is 3. The van der Waals surface area contributed by atoms with Crippen LogP contribution in [-0.2, 0) is 10.8 Å². The lowest BCUT2D eigenvalue weighted by atomic mass is 9.67. The minimum absolute atomic E-state index is 0.0467. The first-order valence-electron chi connectivity index (χ1n) is 22.3. The van der Waals surface area contributed by atoms with Crippen molar-refractivity contribution < 1.29 is 4.79 Å². The summed E-state index contributed by atoms with van der Waals surface area (Å²) in [6, 6.07) is 77.4. The van der Waals surface area contributed by atoms with Gasteiger partial charge in [0.25, 0.3) is 0 Å². The maximum Gasteiger partial charge on any atom is 0.197 e. The zero-order valence-electron chi connectivity index (χ0n) is 35.1. The summed E-state index contributed by atoms with van der Waals surface area (Å²) >= 11 is 0. The van der Waals surface area contributed by atoms with Crippen LogP contribution in [0, 0.1) is 0 Å². The minimum atomic E-state index is -0.580. The Balaban J connectivity index is 1.10. The van der Waals surface area contributed by atoms with Gasteiger partial charge in [-0.15, -0.1) is 0 Å². The minimum Gasteiger partial charge on any atom is -0.308 e. The maximum absolute atomic E-state index is 14.0. The number of carbonyl (C=O) groups excluding carboxylic acids is 1. The Morgan fingerprint density at radius 1 is 0.354 bits per heavy atom. The van der Waals surface area contributed by atoms with Crippen LogP contribution in [0.3, 0.4) is 0 Å². The third-order valence-electron chi connectivity index (χ3n) is 14.6. The van der Waals surface area contributed by atoms with Crippen LogP contribution in [0.25, 0.3) is 61.1 Å². The Bertz CT molecular complexity index is 3520. The number of ketones is 1. The molecule has 0 saturated heterocycles. The van der Waals surface area contributed by atoms with Crippen molar-refractivity contribution in [2.75, 3.05) is 0 Å². The molecule has 0 unspecified atom stereocenters. The van der Waals surface area contributed by atoms with E-state index in [4.69, 9.17) is 4.98 Å². The van der Waals surface area contributed by atoms with Crippen LogP contribution in [-0.4, -0.2) is 20.3 Å². The molecule has 8 aromatic carbocycles. The molecule has 0 saturated carbocycles. The van der Waals surface area contributed by atoms with E-state index in [1.165, 1.54) is 66.8 Å². The van der Waals surface area contributed by atoms with Crippen LogP contribution in [0.2, 0.25) is 0 Å². The van der Waals surface area contributed by atoms with Crippen molar-refractivity contribution in [1.82, 2.24) is 14.5 Å². The standard InChI is InChI=1S/C61H37N3O/c65-59-47-24-15-33-62-57(47)58-50(59)36-42(37-63-58)64-55-31-29-40(60(38-16-3-1-4-17-38)51-25-11-7-20-43(51)44-21-8-12-26-52(44)60)34-48(55)49-35-41(30-32-56(49)64)61(39-18-5-2-6-19-39)53-27-13-9-22-45(53)46-23-10-14-28-54(46)61/h1-37H. The van der Waals surface area contributed by atoms with Gasteiger partial charge in [0.1, 0.15) is 11.4 Å². The molecule has 11 aromatic rings. The van der Waals surface area contributed by atoms with Crippen LogP contribution in [0.5, 0.6) is 0 Å². The summed E-state index contributed by atoms with van der Waals surface area (Å²) < 4.78 is 2.30. The summed E-state index contributed by atoms with van der Waals surface area (Å²) in [5.41, 5.74) is 19.1. The van der Waals surface area contributed by atoms with E-state index in [9.17, 15) is 4.79 Å². The molecule has 302 valence electrons. The predicted molar refractivity (Wildman–Crippen MR) is 260 cm³/mol. The smallest absolute Gasteiger partial charge is 0.197 e. The second-order valence-corrected chi connectivity index (χ2v) is 17.5. The van der Waals surface area contributed by atoms with Crippen molar-refractivity contribution >= 4 is 27.6 Å². The molecule has 0 fully saturated rings. The van der Waals surface area contributed by atoms with Gasteiger partial charge in [-0.3, -0.25) is 14.8 Å². The molecule has 0 aliphatic heterocycles. The Kier molecular flexibility index (Phi) is 7.36. The van der Waals surface area contributed by atoms with Gasteiger partial charge >= 0.3 is 0 Å². The molecule has 0 bridgehead atoms. The highest BCUT2D eigenvalue weighted by Crippen LogP contribution is 2.58. The Morgan fingerprint density at radius 3 is 1.25 bits per heavy atom. The average Bonchev–Trinajstić information content (AvgIpc) is 4.07. The first kappa shape index (κ1) is 36.1. The highest BCUT2D eigenvalue weighted by atomic mass is 16.1. The highest BCUT2D eigenvalue weighted by molar-refractivity contribution is 6.20. The van der Waals surface area contributed by atoms with E-state index in [1.54, 1.807) is 6.20 Å². The topological polar surface area (TPSA) is 47.8 Å². The van der Waals surface area contributed by atoms with Gasteiger partial charge in [0, 0.05) is 17.0 Å². The zero-order valence-corrected chi connectivity index (χ0v) is 35.1. The van der Waals surface area contributed by atoms with Crippen molar-refractivity contribution in [2.24, 2.45) is 0 Å². The molecular formula is C61H37N3O. The lowest BCUT2D eigenvalue weighted by molar-refractivity contribution is 0.104. The van der Waals surface area contributed by atoms with Crippen molar-refractivity contribution in [3.8, 4) is 39.3 Å². The largest absolute Gasteiger partial charge is 0.308 e. The van der Waals surface area contributed by atoms with Gasteiger partial charge in [0.2, 0.25) is 0 Å². The van der Waals surface area contributed by atoms with E-state index in [0.29, 0.717) is 22.5 Å². The van der Waals surface area contributed by atoms with Crippen LogP contribution >= 0.6 is 0 Å². The van der Waals surface area contributed by atoms with E-state index in [0.717, 1.165) is 27.5 Å². The van der Waals surface area contributed by atoms with Crippen molar-refractivity contribution in [3.05, 3.63) is 280 Å². The van der Waals surface area contributed by atoms with Gasteiger partial charge in [0.15, 0.2) is 5.78 Å². The second kappa shape index (κ2) is 13.3. The summed E-state index contributed by atoms with van der Waals surface area (Å²) in [7, 11) is 0. The fourth-order valence-electron chi connectivity index (χ4n) is 12.1. The molecule has 14 rings (SSSR count). The van der Waals surface area contributed by atoms with Gasteiger partial charge in [-0.05, 0) is 109 Å². The zero-order chi connectivity index (χ0) is 42.9. The normalized spacial score (nSPS) is 14.4. The number of hydrogen-bond acceptors (Lipinski definition) is 3. The molecule has 0 radical (unpaired) electrons. The van der Waals surface area contributed by atoms with E-state index in [1.807, 2.05) is 24.4 Å². The van der Waals surface area contributed by atoms with Gasteiger partial charge in [-0.2, -0.15) is 0 Å². The molecule has 3 heterocycles. The third kappa shape index (κ3) is 4.62.